The van der Waals surface area contributed by atoms with Gasteiger partial charge in [-0.1, -0.05) is 179 Å². The molecule has 2 aromatic heterocycles. The van der Waals surface area contributed by atoms with Crippen LogP contribution in [0.3, 0.4) is 0 Å². The Morgan fingerprint density at radius 3 is 1.32 bits per heavy atom. The third-order valence-electron chi connectivity index (χ3n) is 15.2. The van der Waals surface area contributed by atoms with Crippen LogP contribution >= 0.6 is 0 Å². The number of pyridine rings is 1. The molecule has 0 radical (unpaired) electrons. The maximum Gasteiger partial charge on any atom is 0.137 e. The molecule has 71 heavy (non-hydrogen) atoms. The molecule has 13 rings (SSSR count). The second-order valence-electron chi connectivity index (χ2n) is 20.1. The molecule has 0 spiro atoms. The standard InChI is InChI=1S/C67H52N4/c1-66(2)59-26-13-11-24-55(59)57-39-37-53(43-61(57)66)71(54-38-40-58-56-25-12-14-27-60(56)67(3,4)62(58)44-54)51-35-31-46(32-36-51)45-29-33-50(34-30-45)70(49-21-9-6-10-22-49)52-23-17-20-48(42-52)64-65(47-18-7-5-8-19-47)69-41-16-15-28-63(69)68-64/h5-44H,1-4H3. The van der Waals surface area contributed by atoms with Crippen molar-refractivity contribution in [2.75, 3.05) is 9.80 Å². The monoisotopic (exact) mass is 912 g/mol. The average molecular weight is 913 g/mol. The fourth-order valence-corrected chi connectivity index (χ4v) is 11.6. The van der Waals surface area contributed by atoms with Gasteiger partial charge in [0.2, 0.25) is 0 Å². The first-order valence-electron chi connectivity index (χ1n) is 24.7. The van der Waals surface area contributed by atoms with Gasteiger partial charge in [-0.05, 0) is 141 Å². The Morgan fingerprint density at radius 1 is 0.324 bits per heavy atom. The van der Waals surface area contributed by atoms with Gasteiger partial charge in [0.05, 0.1) is 11.4 Å². The van der Waals surface area contributed by atoms with Crippen LogP contribution in [0.2, 0.25) is 0 Å². The van der Waals surface area contributed by atoms with Crippen molar-refractivity contribution in [1.82, 2.24) is 9.38 Å². The van der Waals surface area contributed by atoms with Crippen molar-refractivity contribution in [3.05, 3.63) is 265 Å². The van der Waals surface area contributed by atoms with Crippen molar-refractivity contribution in [3.8, 4) is 55.9 Å². The largest absolute Gasteiger partial charge is 0.310 e. The van der Waals surface area contributed by atoms with Gasteiger partial charge in [0, 0.05) is 62.3 Å². The Bertz CT molecular complexity index is 3700. The molecule has 0 unspecified atom stereocenters. The molecule has 0 N–H and O–H groups in total. The predicted molar refractivity (Wildman–Crippen MR) is 296 cm³/mol. The number of rotatable bonds is 9. The molecule has 4 nitrogen and oxygen atoms in total. The van der Waals surface area contributed by atoms with Gasteiger partial charge in [-0.2, -0.15) is 0 Å². The molecule has 0 aliphatic heterocycles. The van der Waals surface area contributed by atoms with E-state index < -0.39 is 0 Å². The number of benzene rings is 9. The predicted octanol–water partition coefficient (Wildman–Crippen LogP) is 17.9. The Balaban J connectivity index is 0.865. The second kappa shape index (κ2) is 16.5. The maximum absolute atomic E-state index is 5.20. The summed E-state index contributed by atoms with van der Waals surface area (Å²) >= 11 is 0. The summed E-state index contributed by atoms with van der Waals surface area (Å²) in [7, 11) is 0. The van der Waals surface area contributed by atoms with Crippen molar-refractivity contribution in [2.45, 2.75) is 38.5 Å². The summed E-state index contributed by atoms with van der Waals surface area (Å²) in [6.45, 7) is 9.45. The van der Waals surface area contributed by atoms with E-state index in [1.165, 1.54) is 44.5 Å². The molecule has 340 valence electrons. The van der Waals surface area contributed by atoms with Gasteiger partial charge in [0.25, 0.3) is 0 Å². The Hall–Kier alpha value is -8.73. The van der Waals surface area contributed by atoms with Crippen LogP contribution in [0.5, 0.6) is 0 Å². The van der Waals surface area contributed by atoms with E-state index in [1.54, 1.807) is 0 Å². The Morgan fingerprint density at radius 2 is 0.746 bits per heavy atom. The molecule has 0 bridgehead atoms. The van der Waals surface area contributed by atoms with Crippen LogP contribution in [0.15, 0.2) is 243 Å². The van der Waals surface area contributed by atoms with Crippen molar-refractivity contribution in [2.24, 2.45) is 0 Å². The summed E-state index contributed by atoms with van der Waals surface area (Å²) in [5.74, 6) is 0. The smallest absolute Gasteiger partial charge is 0.137 e. The summed E-state index contributed by atoms with van der Waals surface area (Å²) in [5.41, 5.74) is 24.6. The average Bonchev–Trinajstić information content (AvgIpc) is 4.00. The van der Waals surface area contributed by atoms with Crippen LogP contribution < -0.4 is 9.80 Å². The molecule has 2 heterocycles. The lowest BCUT2D eigenvalue weighted by molar-refractivity contribution is 0.660. The van der Waals surface area contributed by atoms with Crippen LogP contribution in [0.25, 0.3) is 61.5 Å². The van der Waals surface area contributed by atoms with Crippen molar-refractivity contribution in [3.63, 3.8) is 0 Å². The van der Waals surface area contributed by atoms with Crippen LogP contribution in [-0.4, -0.2) is 9.38 Å². The maximum atomic E-state index is 5.20. The molecule has 0 amide bonds. The second-order valence-corrected chi connectivity index (χ2v) is 20.1. The zero-order chi connectivity index (χ0) is 47.8. The van der Waals surface area contributed by atoms with Gasteiger partial charge in [-0.3, -0.25) is 4.40 Å². The normalized spacial score (nSPS) is 13.6. The minimum Gasteiger partial charge on any atom is -0.310 e. The van der Waals surface area contributed by atoms with Crippen LogP contribution in [0, 0.1) is 0 Å². The number of anilines is 6. The number of nitrogens with zero attached hydrogens (tertiary/aromatic N) is 4. The minimum absolute atomic E-state index is 0.120. The van der Waals surface area contributed by atoms with E-state index >= 15 is 0 Å². The highest BCUT2D eigenvalue weighted by Gasteiger charge is 2.38. The number of fused-ring (bicyclic) bond motifs is 7. The summed E-state index contributed by atoms with van der Waals surface area (Å²) in [5, 5.41) is 0. The summed E-state index contributed by atoms with van der Waals surface area (Å²) < 4.78 is 2.19. The van der Waals surface area contributed by atoms with Gasteiger partial charge in [-0.25, -0.2) is 4.98 Å². The first kappa shape index (κ1) is 42.4. The van der Waals surface area contributed by atoms with Crippen molar-refractivity contribution < 1.29 is 0 Å². The van der Waals surface area contributed by atoms with Crippen molar-refractivity contribution in [1.29, 1.82) is 0 Å². The van der Waals surface area contributed by atoms with Crippen LogP contribution in [-0.2, 0) is 10.8 Å². The molecule has 9 aromatic carbocycles. The lowest BCUT2D eigenvalue weighted by Gasteiger charge is -2.30. The molecule has 4 heteroatoms. The van der Waals surface area contributed by atoms with Gasteiger partial charge in [-0.15, -0.1) is 0 Å². The van der Waals surface area contributed by atoms with E-state index in [0.29, 0.717) is 0 Å². The molecule has 2 aliphatic carbocycles. The molecule has 0 saturated heterocycles. The summed E-state index contributed by atoms with van der Waals surface area (Å²) in [4.78, 5) is 9.98. The third-order valence-corrected chi connectivity index (χ3v) is 15.2. The summed E-state index contributed by atoms with van der Waals surface area (Å²) in [6.07, 6.45) is 2.10. The summed E-state index contributed by atoms with van der Waals surface area (Å²) in [6, 6.07) is 86.2. The number of aromatic nitrogens is 2. The number of hydrogen-bond donors (Lipinski definition) is 0. The first-order chi connectivity index (χ1) is 34.7. The Labute approximate surface area is 416 Å². The zero-order valence-corrected chi connectivity index (χ0v) is 40.4. The highest BCUT2D eigenvalue weighted by molar-refractivity contribution is 5.90. The minimum atomic E-state index is -0.120. The molecule has 11 aromatic rings. The van der Waals surface area contributed by atoms with Gasteiger partial charge >= 0.3 is 0 Å². The highest BCUT2D eigenvalue weighted by atomic mass is 15.1. The molecule has 0 fully saturated rings. The SMILES string of the molecule is CC1(C)c2ccccc2-c2ccc(N(c3ccc(-c4ccc(N(c5ccccc5)c5cccc(-c6nc7ccccn7c6-c6ccccc6)c5)cc4)cc3)c3ccc4c(c3)C(C)(C)c3ccccc3-4)cc21. The van der Waals surface area contributed by atoms with Gasteiger partial charge < -0.3 is 9.80 Å². The van der Waals surface area contributed by atoms with E-state index in [0.717, 1.165) is 73.4 Å². The molecular weight excluding hydrogens is 861 g/mol. The van der Waals surface area contributed by atoms with E-state index in [-0.39, 0.29) is 10.8 Å². The van der Waals surface area contributed by atoms with Gasteiger partial charge in [0.15, 0.2) is 0 Å². The molecule has 2 aliphatic rings. The number of para-hydroxylation sites is 1. The van der Waals surface area contributed by atoms with Gasteiger partial charge in [0.1, 0.15) is 5.65 Å². The van der Waals surface area contributed by atoms with E-state index in [4.69, 9.17) is 4.98 Å². The fourth-order valence-electron chi connectivity index (χ4n) is 11.6. The van der Waals surface area contributed by atoms with E-state index in [9.17, 15) is 0 Å². The Kier molecular flexibility index (Phi) is 9.83. The van der Waals surface area contributed by atoms with Crippen molar-refractivity contribution >= 4 is 39.8 Å². The molecule has 0 saturated carbocycles. The van der Waals surface area contributed by atoms with Crippen LogP contribution in [0.4, 0.5) is 34.1 Å². The first-order valence-corrected chi connectivity index (χ1v) is 24.7. The number of hydrogen-bond acceptors (Lipinski definition) is 3. The van der Waals surface area contributed by atoms with Crippen LogP contribution in [0.1, 0.15) is 49.9 Å². The lowest BCUT2D eigenvalue weighted by atomic mass is 9.82. The molecular formula is C67H52N4. The van der Waals surface area contributed by atoms with E-state index in [2.05, 4.69) is 279 Å². The molecule has 0 atom stereocenters. The third kappa shape index (κ3) is 6.93. The lowest BCUT2D eigenvalue weighted by Crippen LogP contribution is -2.18. The zero-order valence-electron chi connectivity index (χ0n) is 40.4. The fraction of sp³-hybridized carbons (Fsp3) is 0.0896. The topological polar surface area (TPSA) is 23.8 Å². The quantitative estimate of drug-likeness (QED) is 0.144. The van der Waals surface area contributed by atoms with E-state index in [1.807, 2.05) is 6.07 Å². The highest BCUT2D eigenvalue weighted by Crippen LogP contribution is 2.53. The number of imidazole rings is 1.